The molecule has 0 unspecified atom stereocenters. The minimum atomic E-state index is -0.0576. The molecule has 20 heavy (non-hydrogen) atoms. The minimum Gasteiger partial charge on any atom is -0.340 e. The van der Waals surface area contributed by atoms with E-state index >= 15 is 0 Å². The number of aryl methyl sites for hydroxylation is 3. The van der Waals surface area contributed by atoms with Crippen LogP contribution in [0, 0.1) is 20.8 Å². The highest BCUT2D eigenvalue weighted by atomic mass is 32.1. The van der Waals surface area contributed by atoms with Crippen molar-refractivity contribution in [3.8, 4) is 0 Å². The first-order valence-electron chi connectivity index (χ1n) is 6.34. The van der Waals surface area contributed by atoms with Crippen LogP contribution >= 0.6 is 11.3 Å². The van der Waals surface area contributed by atoms with Gasteiger partial charge in [0.05, 0.1) is 6.54 Å². The summed E-state index contributed by atoms with van der Waals surface area (Å²) in [6.45, 7) is 6.12. The van der Waals surface area contributed by atoms with Gasteiger partial charge in [0.15, 0.2) is 0 Å². The maximum atomic E-state index is 12.1. The van der Waals surface area contributed by atoms with E-state index in [9.17, 15) is 4.79 Å². The Morgan fingerprint density at radius 3 is 2.45 bits per heavy atom. The minimum absolute atomic E-state index is 0.0576. The van der Waals surface area contributed by atoms with Crippen molar-refractivity contribution in [2.45, 2.75) is 20.8 Å². The second-order valence-electron chi connectivity index (χ2n) is 4.77. The molecule has 0 aliphatic rings. The predicted octanol–water partition coefficient (Wildman–Crippen LogP) is 2.54. The molecule has 1 aromatic heterocycles. The molecular weight excluding hydrogens is 272 g/mol. The number of nitrogens with zero attached hydrogens (tertiary/aromatic N) is 3. The summed E-state index contributed by atoms with van der Waals surface area (Å²) in [6.07, 6.45) is 0. The van der Waals surface area contributed by atoms with Crippen LogP contribution in [0.4, 0.5) is 10.8 Å². The molecule has 0 fully saturated rings. The van der Waals surface area contributed by atoms with E-state index in [1.165, 1.54) is 11.3 Å². The molecule has 0 aliphatic heterocycles. The molecule has 0 radical (unpaired) electrons. The second-order valence-corrected chi connectivity index (χ2v) is 5.93. The fraction of sp³-hybridized carbons (Fsp3) is 0.357. The molecule has 0 bridgehead atoms. The van der Waals surface area contributed by atoms with E-state index in [-0.39, 0.29) is 12.5 Å². The van der Waals surface area contributed by atoms with Crippen molar-refractivity contribution in [3.63, 3.8) is 0 Å². The maximum Gasteiger partial charge on any atom is 0.243 e. The first-order chi connectivity index (χ1) is 9.47. The topological polar surface area (TPSA) is 58.1 Å². The molecule has 0 spiro atoms. The number of carbonyl (C=O) groups excluding carboxylic acids is 1. The SMILES string of the molecule is Cc1nnc(N(C)CC(=O)Nc2c(C)cccc2C)s1. The second kappa shape index (κ2) is 6.00. The van der Waals surface area contributed by atoms with E-state index in [1.807, 2.05) is 46.0 Å². The van der Waals surface area contributed by atoms with Gasteiger partial charge in [-0.25, -0.2) is 0 Å². The summed E-state index contributed by atoms with van der Waals surface area (Å²) in [5.41, 5.74) is 3.01. The Hall–Kier alpha value is -1.95. The Kier molecular flexibility index (Phi) is 4.34. The molecule has 2 rings (SSSR count). The average Bonchev–Trinajstić information content (AvgIpc) is 2.81. The summed E-state index contributed by atoms with van der Waals surface area (Å²) in [4.78, 5) is 13.9. The van der Waals surface area contributed by atoms with Crippen LogP contribution in [0.2, 0.25) is 0 Å². The Morgan fingerprint density at radius 1 is 1.25 bits per heavy atom. The third kappa shape index (κ3) is 3.33. The van der Waals surface area contributed by atoms with Crippen molar-refractivity contribution < 1.29 is 4.79 Å². The molecule has 6 heteroatoms. The van der Waals surface area contributed by atoms with Crippen molar-refractivity contribution in [2.24, 2.45) is 0 Å². The van der Waals surface area contributed by atoms with Crippen molar-refractivity contribution in [3.05, 3.63) is 34.3 Å². The van der Waals surface area contributed by atoms with E-state index in [2.05, 4.69) is 15.5 Å². The summed E-state index contributed by atoms with van der Waals surface area (Å²) >= 11 is 1.47. The molecule has 1 aromatic carbocycles. The maximum absolute atomic E-state index is 12.1. The Bertz CT molecular complexity index is 603. The van der Waals surface area contributed by atoms with E-state index in [1.54, 1.807) is 4.90 Å². The van der Waals surface area contributed by atoms with Crippen LogP contribution in [-0.2, 0) is 4.79 Å². The molecule has 1 heterocycles. The number of hydrogen-bond donors (Lipinski definition) is 1. The van der Waals surface area contributed by atoms with E-state index < -0.39 is 0 Å². The fourth-order valence-electron chi connectivity index (χ4n) is 1.91. The number of rotatable bonds is 4. The molecule has 2 aromatic rings. The standard InChI is InChI=1S/C14H18N4OS/c1-9-6-5-7-10(2)13(9)15-12(19)8-18(4)14-17-16-11(3)20-14/h5-7H,8H2,1-4H3,(H,15,19). The summed E-state index contributed by atoms with van der Waals surface area (Å²) in [6, 6.07) is 5.96. The largest absolute Gasteiger partial charge is 0.340 e. The van der Waals surface area contributed by atoms with Crippen LogP contribution in [0.3, 0.4) is 0 Å². The zero-order chi connectivity index (χ0) is 14.7. The Balaban J connectivity index is 2.02. The number of aromatic nitrogens is 2. The zero-order valence-corrected chi connectivity index (χ0v) is 12.9. The van der Waals surface area contributed by atoms with E-state index in [0.717, 1.165) is 27.0 Å². The van der Waals surface area contributed by atoms with Gasteiger partial charge in [-0.15, -0.1) is 10.2 Å². The van der Waals surface area contributed by atoms with Crippen LogP contribution in [0.25, 0.3) is 0 Å². The van der Waals surface area contributed by atoms with E-state index in [4.69, 9.17) is 0 Å². The zero-order valence-electron chi connectivity index (χ0n) is 12.1. The van der Waals surface area contributed by atoms with Crippen LogP contribution < -0.4 is 10.2 Å². The number of amides is 1. The van der Waals surface area contributed by atoms with Crippen molar-refractivity contribution in [1.82, 2.24) is 10.2 Å². The molecule has 0 aliphatic carbocycles. The van der Waals surface area contributed by atoms with Crippen molar-refractivity contribution >= 4 is 28.1 Å². The van der Waals surface area contributed by atoms with Gasteiger partial charge in [0, 0.05) is 12.7 Å². The monoisotopic (exact) mass is 290 g/mol. The summed E-state index contributed by atoms with van der Waals surface area (Å²) in [5.74, 6) is -0.0576. The molecule has 0 saturated heterocycles. The molecule has 0 saturated carbocycles. The van der Waals surface area contributed by atoms with Gasteiger partial charge in [-0.3, -0.25) is 4.79 Å². The quantitative estimate of drug-likeness (QED) is 0.940. The highest BCUT2D eigenvalue weighted by molar-refractivity contribution is 7.15. The van der Waals surface area contributed by atoms with Gasteiger partial charge in [0.1, 0.15) is 5.01 Å². The molecule has 1 amide bonds. The molecule has 5 nitrogen and oxygen atoms in total. The van der Waals surface area contributed by atoms with Gasteiger partial charge >= 0.3 is 0 Å². The number of para-hydroxylation sites is 1. The predicted molar refractivity (Wildman–Crippen MR) is 82.5 cm³/mol. The number of hydrogen-bond acceptors (Lipinski definition) is 5. The number of nitrogens with one attached hydrogen (secondary N) is 1. The van der Waals surface area contributed by atoms with Crippen molar-refractivity contribution in [2.75, 3.05) is 23.8 Å². The first kappa shape index (κ1) is 14.5. The third-order valence-electron chi connectivity index (χ3n) is 2.97. The summed E-state index contributed by atoms with van der Waals surface area (Å²) < 4.78 is 0. The highest BCUT2D eigenvalue weighted by Crippen LogP contribution is 2.20. The Labute approximate surface area is 122 Å². The van der Waals surface area contributed by atoms with Crippen LogP contribution in [0.5, 0.6) is 0 Å². The lowest BCUT2D eigenvalue weighted by atomic mass is 10.1. The summed E-state index contributed by atoms with van der Waals surface area (Å²) in [7, 11) is 1.84. The van der Waals surface area contributed by atoms with Crippen LogP contribution in [-0.4, -0.2) is 29.7 Å². The molecule has 0 atom stereocenters. The van der Waals surface area contributed by atoms with Crippen LogP contribution in [0.15, 0.2) is 18.2 Å². The third-order valence-corrected chi connectivity index (χ3v) is 3.92. The van der Waals surface area contributed by atoms with Gasteiger partial charge in [-0.1, -0.05) is 29.5 Å². The number of carbonyl (C=O) groups is 1. The Morgan fingerprint density at radius 2 is 1.90 bits per heavy atom. The van der Waals surface area contributed by atoms with Gasteiger partial charge in [0.25, 0.3) is 0 Å². The number of anilines is 2. The number of likely N-dealkylation sites (N-methyl/N-ethyl adjacent to an activating group) is 1. The van der Waals surface area contributed by atoms with Gasteiger partial charge in [-0.05, 0) is 31.9 Å². The van der Waals surface area contributed by atoms with Gasteiger partial charge in [-0.2, -0.15) is 0 Å². The molecule has 106 valence electrons. The molecule has 1 N–H and O–H groups in total. The number of benzene rings is 1. The smallest absolute Gasteiger partial charge is 0.243 e. The lowest BCUT2D eigenvalue weighted by Crippen LogP contribution is -2.30. The van der Waals surface area contributed by atoms with E-state index in [0.29, 0.717) is 0 Å². The first-order valence-corrected chi connectivity index (χ1v) is 7.16. The van der Waals surface area contributed by atoms with Gasteiger partial charge < -0.3 is 10.2 Å². The van der Waals surface area contributed by atoms with Gasteiger partial charge in [0.2, 0.25) is 11.0 Å². The molecular formula is C14H18N4OS. The average molecular weight is 290 g/mol. The summed E-state index contributed by atoms with van der Waals surface area (Å²) in [5, 5.41) is 12.6. The lowest BCUT2D eigenvalue weighted by molar-refractivity contribution is -0.114. The van der Waals surface area contributed by atoms with Crippen molar-refractivity contribution in [1.29, 1.82) is 0 Å². The fourth-order valence-corrected chi connectivity index (χ4v) is 2.56. The van der Waals surface area contributed by atoms with Crippen LogP contribution in [0.1, 0.15) is 16.1 Å². The highest BCUT2D eigenvalue weighted by Gasteiger charge is 2.13. The lowest BCUT2D eigenvalue weighted by Gasteiger charge is -2.16. The normalized spacial score (nSPS) is 10.4.